The largest absolute Gasteiger partial charge is 0.496 e. The van der Waals surface area contributed by atoms with Crippen LogP contribution in [0.15, 0.2) is 45.8 Å². The van der Waals surface area contributed by atoms with Gasteiger partial charge in [0.1, 0.15) is 5.75 Å². The Morgan fingerprint density at radius 2 is 1.63 bits per heavy atom. The second-order valence-electron chi connectivity index (χ2n) is 5.71. The Kier molecular flexibility index (Phi) is 7.52. The molecule has 0 spiro atoms. The van der Waals surface area contributed by atoms with Crippen molar-refractivity contribution in [3.63, 3.8) is 0 Å². The van der Waals surface area contributed by atoms with Crippen LogP contribution < -0.4 is 18.9 Å². The fraction of sp³-hybridized carbons (Fsp3) is 0.368. The third-order valence-electron chi connectivity index (χ3n) is 3.83. The van der Waals surface area contributed by atoms with Gasteiger partial charge in [0, 0.05) is 6.04 Å². The molecule has 0 amide bonds. The Labute approximate surface area is 169 Å². The van der Waals surface area contributed by atoms with Gasteiger partial charge in [-0.05, 0) is 72.6 Å². The Morgan fingerprint density at radius 1 is 1.00 bits per heavy atom. The molecule has 2 rings (SSSR count). The molecule has 148 valence electrons. The number of hydrogen-bond acceptors (Lipinski definition) is 5. The van der Waals surface area contributed by atoms with Gasteiger partial charge in [0.05, 0.1) is 29.7 Å². The van der Waals surface area contributed by atoms with Crippen LogP contribution in [-0.4, -0.2) is 28.7 Å². The van der Waals surface area contributed by atoms with Crippen molar-refractivity contribution in [3.05, 3.63) is 46.4 Å². The molecule has 0 aliphatic heterocycles. The average Bonchev–Trinajstić information content (AvgIpc) is 2.63. The molecule has 27 heavy (non-hydrogen) atoms. The first-order chi connectivity index (χ1) is 12.8. The van der Waals surface area contributed by atoms with Crippen molar-refractivity contribution in [2.45, 2.75) is 31.7 Å². The summed E-state index contributed by atoms with van der Waals surface area (Å²) in [4.78, 5) is 0.151. The molecule has 0 aliphatic carbocycles. The lowest BCUT2D eigenvalue weighted by atomic mass is 10.1. The topological polar surface area (TPSA) is 73.9 Å². The van der Waals surface area contributed by atoms with E-state index in [1.807, 2.05) is 19.9 Å². The number of nitrogens with one attached hydrogen (secondary N) is 1. The molecule has 0 aliphatic rings. The van der Waals surface area contributed by atoms with Crippen LogP contribution in [-0.2, 0) is 10.0 Å². The zero-order valence-corrected chi connectivity index (χ0v) is 18.2. The maximum Gasteiger partial charge on any atom is 0.241 e. The van der Waals surface area contributed by atoms with Crippen LogP contribution in [0.1, 0.15) is 32.4 Å². The maximum atomic E-state index is 12.7. The highest BCUT2D eigenvalue weighted by atomic mass is 79.9. The summed E-state index contributed by atoms with van der Waals surface area (Å²) >= 11 is 3.31. The highest BCUT2D eigenvalue weighted by Gasteiger charge is 2.20. The quantitative estimate of drug-likeness (QED) is 0.607. The van der Waals surface area contributed by atoms with Crippen LogP contribution in [0.4, 0.5) is 0 Å². The summed E-state index contributed by atoms with van der Waals surface area (Å²) in [5, 5.41) is 0. The average molecular weight is 458 g/mol. The first-order valence-corrected chi connectivity index (χ1v) is 10.8. The highest BCUT2D eigenvalue weighted by Crippen LogP contribution is 2.32. The van der Waals surface area contributed by atoms with Crippen LogP contribution in [0.3, 0.4) is 0 Å². The van der Waals surface area contributed by atoms with Crippen LogP contribution in [0.25, 0.3) is 0 Å². The van der Waals surface area contributed by atoms with Gasteiger partial charge in [-0.15, -0.1) is 0 Å². The second-order valence-corrected chi connectivity index (χ2v) is 8.28. The fourth-order valence-electron chi connectivity index (χ4n) is 2.52. The summed E-state index contributed by atoms with van der Waals surface area (Å²) in [6, 6.07) is 9.58. The number of benzene rings is 2. The number of methoxy groups -OCH3 is 1. The Balaban J connectivity index is 2.26. The molecule has 0 saturated carbocycles. The van der Waals surface area contributed by atoms with Crippen molar-refractivity contribution in [1.82, 2.24) is 4.72 Å². The number of hydrogen-bond donors (Lipinski definition) is 1. The molecule has 0 heterocycles. The van der Waals surface area contributed by atoms with E-state index in [1.165, 1.54) is 19.2 Å². The van der Waals surface area contributed by atoms with Gasteiger partial charge < -0.3 is 14.2 Å². The second kappa shape index (κ2) is 9.43. The summed E-state index contributed by atoms with van der Waals surface area (Å²) in [7, 11) is -2.18. The number of ether oxygens (including phenoxy) is 3. The first kappa shape index (κ1) is 21.5. The van der Waals surface area contributed by atoms with Gasteiger partial charge in [-0.1, -0.05) is 6.07 Å². The molecule has 0 aromatic heterocycles. The summed E-state index contributed by atoms with van der Waals surface area (Å²) in [6.45, 7) is 6.57. The third kappa shape index (κ3) is 5.37. The number of halogens is 1. The molecule has 1 atom stereocenters. The molecule has 6 nitrogen and oxygen atoms in total. The Bertz CT molecular complexity index is 886. The van der Waals surface area contributed by atoms with E-state index in [0.717, 1.165) is 5.56 Å². The van der Waals surface area contributed by atoms with Gasteiger partial charge in [0.2, 0.25) is 10.0 Å². The monoisotopic (exact) mass is 457 g/mol. The first-order valence-electron chi connectivity index (χ1n) is 8.57. The molecule has 0 radical (unpaired) electrons. The summed E-state index contributed by atoms with van der Waals surface area (Å²) in [5.41, 5.74) is 0.776. The lowest BCUT2D eigenvalue weighted by Crippen LogP contribution is -2.27. The summed E-state index contributed by atoms with van der Waals surface area (Å²) in [5.74, 6) is 1.79. The lowest BCUT2D eigenvalue weighted by Gasteiger charge is -2.18. The van der Waals surface area contributed by atoms with Gasteiger partial charge in [0.25, 0.3) is 0 Å². The minimum absolute atomic E-state index is 0.151. The third-order valence-corrected chi connectivity index (χ3v) is 5.99. The summed E-state index contributed by atoms with van der Waals surface area (Å²) in [6.07, 6.45) is 0. The van der Waals surface area contributed by atoms with Crippen molar-refractivity contribution in [3.8, 4) is 17.2 Å². The predicted octanol–water partition coefficient (Wildman–Crippen LogP) is 4.29. The van der Waals surface area contributed by atoms with Crippen molar-refractivity contribution in [2.75, 3.05) is 20.3 Å². The van der Waals surface area contributed by atoms with Gasteiger partial charge in [-0.2, -0.15) is 0 Å². The molecule has 0 bridgehead atoms. The fourth-order valence-corrected chi connectivity index (χ4v) is 4.47. The van der Waals surface area contributed by atoms with Crippen LogP contribution in [0.2, 0.25) is 0 Å². The van der Waals surface area contributed by atoms with Crippen molar-refractivity contribution < 1.29 is 22.6 Å². The van der Waals surface area contributed by atoms with E-state index in [-0.39, 0.29) is 4.90 Å². The van der Waals surface area contributed by atoms with E-state index in [0.29, 0.717) is 34.9 Å². The van der Waals surface area contributed by atoms with E-state index in [1.54, 1.807) is 25.1 Å². The summed E-state index contributed by atoms with van der Waals surface area (Å²) < 4.78 is 45.0. The lowest BCUT2D eigenvalue weighted by molar-refractivity contribution is 0.287. The molecular formula is C19H24BrNO5S. The van der Waals surface area contributed by atoms with Gasteiger partial charge in [0.15, 0.2) is 11.5 Å². The van der Waals surface area contributed by atoms with E-state index < -0.39 is 16.1 Å². The van der Waals surface area contributed by atoms with Gasteiger partial charge in [-0.25, -0.2) is 13.1 Å². The van der Waals surface area contributed by atoms with Crippen LogP contribution >= 0.6 is 15.9 Å². The molecule has 0 saturated heterocycles. The molecule has 0 fully saturated rings. The molecule has 2 aromatic carbocycles. The zero-order chi connectivity index (χ0) is 20.0. The molecule has 8 heteroatoms. The van der Waals surface area contributed by atoms with Gasteiger partial charge >= 0.3 is 0 Å². The van der Waals surface area contributed by atoms with E-state index in [2.05, 4.69) is 20.7 Å². The van der Waals surface area contributed by atoms with Crippen LogP contribution in [0.5, 0.6) is 17.2 Å². The normalized spacial score (nSPS) is 12.5. The molecule has 2 aromatic rings. The van der Waals surface area contributed by atoms with Crippen molar-refractivity contribution in [1.29, 1.82) is 0 Å². The molecule has 0 unspecified atom stereocenters. The van der Waals surface area contributed by atoms with Crippen LogP contribution in [0, 0.1) is 0 Å². The highest BCUT2D eigenvalue weighted by molar-refractivity contribution is 9.10. The number of sulfonamides is 1. The predicted molar refractivity (Wildman–Crippen MR) is 108 cm³/mol. The van der Waals surface area contributed by atoms with Gasteiger partial charge in [-0.3, -0.25) is 0 Å². The van der Waals surface area contributed by atoms with Crippen molar-refractivity contribution in [2.24, 2.45) is 0 Å². The Hall–Kier alpha value is -1.77. The minimum atomic E-state index is -3.71. The van der Waals surface area contributed by atoms with E-state index in [9.17, 15) is 8.42 Å². The molecule has 1 N–H and O–H groups in total. The SMILES string of the molecule is CCOc1ccc([C@@H](C)NS(=O)(=O)c2ccc(OC)c(Br)c2)cc1OCC. The van der Waals surface area contributed by atoms with E-state index in [4.69, 9.17) is 14.2 Å². The minimum Gasteiger partial charge on any atom is -0.496 e. The smallest absolute Gasteiger partial charge is 0.241 e. The Morgan fingerprint density at radius 3 is 2.22 bits per heavy atom. The van der Waals surface area contributed by atoms with E-state index >= 15 is 0 Å². The maximum absolute atomic E-state index is 12.7. The van der Waals surface area contributed by atoms with Crippen molar-refractivity contribution >= 4 is 26.0 Å². The standard InChI is InChI=1S/C19H24BrNO5S/c1-5-25-18-9-7-14(11-19(18)26-6-2)13(3)21-27(22,23)15-8-10-17(24-4)16(20)12-15/h7-13,21H,5-6H2,1-4H3/t13-/m1/s1. The molecular weight excluding hydrogens is 434 g/mol. The zero-order valence-electron chi connectivity index (χ0n) is 15.8. The number of rotatable bonds is 9.